The van der Waals surface area contributed by atoms with Crippen molar-refractivity contribution < 1.29 is 8.42 Å². The Labute approximate surface area is 125 Å². The van der Waals surface area contributed by atoms with Crippen molar-refractivity contribution in [3.05, 3.63) is 53.6 Å². The Bertz CT molecular complexity index is 770. The predicted molar refractivity (Wildman–Crippen MR) is 85.2 cm³/mol. The molecule has 1 aliphatic heterocycles. The molecule has 5 heteroatoms. The highest BCUT2D eigenvalue weighted by atomic mass is 32.2. The van der Waals surface area contributed by atoms with E-state index in [2.05, 4.69) is 10.0 Å². The summed E-state index contributed by atoms with van der Waals surface area (Å²) < 4.78 is 27.6. The molecule has 2 aromatic rings. The van der Waals surface area contributed by atoms with Gasteiger partial charge in [0, 0.05) is 17.9 Å². The Hall–Kier alpha value is -2.01. The molecule has 4 nitrogen and oxygen atoms in total. The van der Waals surface area contributed by atoms with Crippen LogP contribution in [0.1, 0.15) is 17.5 Å². The Kier molecular flexibility index (Phi) is 3.59. The van der Waals surface area contributed by atoms with Gasteiger partial charge in [0.2, 0.25) is 0 Å². The molecule has 2 aromatic carbocycles. The fourth-order valence-corrected chi connectivity index (χ4v) is 3.64. The number of nitrogens with one attached hydrogen (secondary N) is 2. The molecule has 3 rings (SSSR count). The highest BCUT2D eigenvalue weighted by Crippen LogP contribution is 2.26. The first-order chi connectivity index (χ1) is 10.0. The zero-order valence-electron chi connectivity index (χ0n) is 11.9. The van der Waals surface area contributed by atoms with Gasteiger partial charge in [-0.2, -0.15) is 0 Å². The fourth-order valence-electron chi connectivity index (χ4n) is 2.54. The molecule has 0 saturated heterocycles. The van der Waals surface area contributed by atoms with Crippen LogP contribution in [-0.2, 0) is 16.4 Å². The van der Waals surface area contributed by atoms with E-state index in [9.17, 15) is 8.42 Å². The van der Waals surface area contributed by atoms with Crippen molar-refractivity contribution in [3.8, 4) is 0 Å². The van der Waals surface area contributed by atoms with Gasteiger partial charge in [-0.3, -0.25) is 4.72 Å². The summed E-state index contributed by atoms with van der Waals surface area (Å²) >= 11 is 0. The van der Waals surface area contributed by atoms with Gasteiger partial charge in [0.05, 0.1) is 4.90 Å². The molecule has 0 unspecified atom stereocenters. The lowest BCUT2D eigenvalue weighted by Gasteiger charge is -2.19. The van der Waals surface area contributed by atoms with Crippen LogP contribution in [-0.4, -0.2) is 15.0 Å². The summed E-state index contributed by atoms with van der Waals surface area (Å²) in [7, 11) is -3.54. The molecule has 1 heterocycles. The zero-order chi connectivity index (χ0) is 14.9. The zero-order valence-corrected chi connectivity index (χ0v) is 12.7. The number of rotatable bonds is 3. The van der Waals surface area contributed by atoms with Gasteiger partial charge < -0.3 is 5.32 Å². The Morgan fingerprint density at radius 1 is 1.14 bits per heavy atom. The molecule has 1 aliphatic rings. The van der Waals surface area contributed by atoms with E-state index in [1.165, 1.54) is 0 Å². The van der Waals surface area contributed by atoms with Crippen LogP contribution < -0.4 is 10.0 Å². The SMILES string of the molecule is Cc1cccc(NS(=O)(=O)c2ccc3c(c2)CCCN3)c1. The van der Waals surface area contributed by atoms with Crippen molar-refractivity contribution in [2.45, 2.75) is 24.7 Å². The maximum atomic E-state index is 12.5. The quantitative estimate of drug-likeness (QED) is 0.915. The molecular formula is C16H18N2O2S. The lowest BCUT2D eigenvalue weighted by Crippen LogP contribution is -2.16. The third-order valence-corrected chi connectivity index (χ3v) is 4.97. The third-order valence-electron chi connectivity index (χ3n) is 3.60. The highest BCUT2D eigenvalue weighted by molar-refractivity contribution is 7.92. The minimum Gasteiger partial charge on any atom is -0.385 e. The van der Waals surface area contributed by atoms with E-state index in [4.69, 9.17) is 0 Å². The predicted octanol–water partition coefficient (Wildman–Crippen LogP) is 3.15. The number of aryl methyl sites for hydroxylation is 2. The first-order valence-corrected chi connectivity index (χ1v) is 8.49. The van der Waals surface area contributed by atoms with Crippen molar-refractivity contribution in [1.82, 2.24) is 0 Å². The molecule has 0 aliphatic carbocycles. The minimum atomic E-state index is -3.54. The summed E-state index contributed by atoms with van der Waals surface area (Å²) in [5, 5.41) is 3.28. The van der Waals surface area contributed by atoms with Crippen LogP contribution in [0.5, 0.6) is 0 Å². The lowest BCUT2D eigenvalue weighted by molar-refractivity contribution is 0.601. The third kappa shape index (κ3) is 3.03. The maximum Gasteiger partial charge on any atom is 0.261 e. The van der Waals surface area contributed by atoms with Crippen molar-refractivity contribution >= 4 is 21.4 Å². The highest BCUT2D eigenvalue weighted by Gasteiger charge is 2.17. The molecule has 0 amide bonds. The van der Waals surface area contributed by atoms with Gasteiger partial charge in [0.15, 0.2) is 0 Å². The van der Waals surface area contributed by atoms with E-state index in [0.29, 0.717) is 10.6 Å². The number of benzene rings is 2. The summed E-state index contributed by atoms with van der Waals surface area (Å²) in [6.45, 7) is 2.88. The molecule has 0 aromatic heterocycles. The van der Waals surface area contributed by atoms with E-state index in [1.807, 2.05) is 31.2 Å². The largest absolute Gasteiger partial charge is 0.385 e. The van der Waals surface area contributed by atoms with Crippen molar-refractivity contribution in [1.29, 1.82) is 0 Å². The molecular weight excluding hydrogens is 284 g/mol. The lowest BCUT2D eigenvalue weighted by atomic mass is 10.0. The second kappa shape index (κ2) is 5.41. The fraction of sp³-hybridized carbons (Fsp3) is 0.250. The Morgan fingerprint density at radius 2 is 2.00 bits per heavy atom. The van der Waals surface area contributed by atoms with Crippen molar-refractivity contribution in [2.75, 3.05) is 16.6 Å². The summed E-state index contributed by atoms with van der Waals surface area (Å²) in [4.78, 5) is 0.312. The Balaban J connectivity index is 1.91. The average Bonchev–Trinajstić information content (AvgIpc) is 2.46. The summed E-state index contributed by atoms with van der Waals surface area (Å²) in [6.07, 6.45) is 1.94. The van der Waals surface area contributed by atoms with Gasteiger partial charge >= 0.3 is 0 Å². The van der Waals surface area contributed by atoms with Gasteiger partial charge in [-0.15, -0.1) is 0 Å². The van der Waals surface area contributed by atoms with Gasteiger partial charge in [-0.1, -0.05) is 12.1 Å². The van der Waals surface area contributed by atoms with Crippen LogP contribution >= 0.6 is 0 Å². The van der Waals surface area contributed by atoms with Gasteiger partial charge in [-0.05, 0) is 61.2 Å². The number of sulfonamides is 1. The van der Waals surface area contributed by atoms with Crippen LogP contribution in [0.3, 0.4) is 0 Å². The summed E-state index contributed by atoms with van der Waals surface area (Å²) in [5.41, 5.74) is 3.71. The number of anilines is 2. The van der Waals surface area contributed by atoms with E-state index in [0.717, 1.165) is 36.2 Å². The number of hydrogen-bond donors (Lipinski definition) is 2. The summed E-state index contributed by atoms with van der Waals surface area (Å²) in [5.74, 6) is 0. The van der Waals surface area contributed by atoms with Crippen molar-refractivity contribution in [2.24, 2.45) is 0 Å². The van der Waals surface area contributed by atoms with Gasteiger partial charge in [-0.25, -0.2) is 8.42 Å². The van der Waals surface area contributed by atoms with Crippen LogP contribution in [0.25, 0.3) is 0 Å². The molecule has 0 atom stereocenters. The van der Waals surface area contributed by atoms with E-state index in [-0.39, 0.29) is 0 Å². The normalized spacial score (nSPS) is 14.1. The standard InChI is InChI=1S/C16H18N2O2S/c1-12-4-2-6-14(10-12)18-21(19,20)15-7-8-16-13(11-15)5-3-9-17-16/h2,4,6-8,10-11,17-18H,3,5,9H2,1H3. The van der Waals surface area contributed by atoms with E-state index < -0.39 is 10.0 Å². The molecule has 0 radical (unpaired) electrons. The van der Waals surface area contributed by atoms with Crippen LogP contribution in [0.15, 0.2) is 47.4 Å². The van der Waals surface area contributed by atoms with E-state index in [1.54, 1.807) is 18.2 Å². The molecule has 110 valence electrons. The van der Waals surface area contributed by atoms with Crippen LogP contribution in [0.4, 0.5) is 11.4 Å². The number of fused-ring (bicyclic) bond motifs is 1. The smallest absolute Gasteiger partial charge is 0.261 e. The topological polar surface area (TPSA) is 58.2 Å². The average molecular weight is 302 g/mol. The van der Waals surface area contributed by atoms with Crippen LogP contribution in [0, 0.1) is 6.92 Å². The molecule has 0 bridgehead atoms. The molecule has 21 heavy (non-hydrogen) atoms. The van der Waals surface area contributed by atoms with Gasteiger partial charge in [0.25, 0.3) is 10.0 Å². The minimum absolute atomic E-state index is 0.312. The monoisotopic (exact) mass is 302 g/mol. The molecule has 0 fully saturated rings. The first-order valence-electron chi connectivity index (χ1n) is 7.01. The molecule has 0 spiro atoms. The first kappa shape index (κ1) is 13.9. The maximum absolute atomic E-state index is 12.5. The number of hydrogen-bond acceptors (Lipinski definition) is 3. The van der Waals surface area contributed by atoms with Crippen LogP contribution in [0.2, 0.25) is 0 Å². The van der Waals surface area contributed by atoms with Gasteiger partial charge in [0.1, 0.15) is 0 Å². The van der Waals surface area contributed by atoms with Crippen molar-refractivity contribution in [3.63, 3.8) is 0 Å². The molecule has 2 N–H and O–H groups in total. The van der Waals surface area contributed by atoms with E-state index >= 15 is 0 Å². The Morgan fingerprint density at radius 3 is 2.81 bits per heavy atom. The summed E-state index contributed by atoms with van der Waals surface area (Å²) in [6, 6.07) is 12.6. The second-order valence-corrected chi connectivity index (χ2v) is 7.01. The second-order valence-electron chi connectivity index (χ2n) is 5.32. The molecule has 0 saturated carbocycles.